The van der Waals surface area contributed by atoms with Crippen molar-refractivity contribution in [2.24, 2.45) is 0 Å². The Morgan fingerprint density at radius 3 is 2.55 bits per heavy atom. The minimum Gasteiger partial charge on any atom is -0.484 e. The smallest absolute Gasteiger partial charge is 0.258 e. The van der Waals surface area contributed by atoms with Crippen molar-refractivity contribution in [1.29, 1.82) is 0 Å². The van der Waals surface area contributed by atoms with E-state index in [-0.39, 0.29) is 18.6 Å². The predicted molar refractivity (Wildman–Crippen MR) is 84.8 cm³/mol. The van der Waals surface area contributed by atoms with E-state index in [1.807, 2.05) is 68.4 Å². The average molecular weight is 302 g/mol. The Balaban J connectivity index is 1.83. The van der Waals surface area contributed by atoms with Crippen molar-refractivity contribution in [2.75, 3.05) is 27.2 Å². The number of aryl methyl sites for hydroxylation is 1. The van der Waals surface area contributed by atoms with E-state index in [0.29, 0.717) is 12.3 Å². The van der Waals surface area contributed by atoms with Crippen molar-refractivity contribution in [1.82, 2.24) is 10.2 Å². The van der Waals surface area contributed by atoms with Gasteiger partial charge in [0.1, 0.15) is 17.3 Å². The van der Waals surface area contributed by atoms with Gasteiger partial charge in [0.15, 0.2) is 6.61 Å². The Labute approximate surface area is 130 Å². The lowest BCUT2D eigenvalue weighted by Gasteiger charge is -2.22. The van der Waals surface area contributed by atoms with Gasteiger partial charge in [0.25, 0.3) is 5.91 Å². The van der Waals surface area contributed by atoms with Crippen LogP contribution in [0.15, 0.2) is 46.9 Å². The molecular weight excluding hydrogens is 280 g/mol. The number of carbonyl (C=O) groups excluding carboxylic acids is 1. The number of nitrogens with one attached hydrogen (secondary N) is 1. The highest BCUT2D eigenvalue weighted by Crippen LogP contribution is 2.19. The van der Waals surface area contributed by atoms with Crippen molar-refractivity contribution in [3.63, 3.8) is 0 Å². The molecule has 0 unspecified atom stereocenters. The number of hydrogen-bond acceptors (Lipinski definition) is 4. The third kappa shape index (κ3) is 4.63. The maximum Gasteiger partial charge on any atom is 0.258 e. The summed E-state index contributed by atoms with van der Waals surface area (Å²) >= 11 is 0. The van der Waals surface area contributed by atoms with Crippen LogP contribution in [-0.4, -0.2) is 38.1 Å². The summed E-state index contributed by atoms with van der Waals surface area (Å²) in [7, 11) is 3.91. The quantitative estimate of drug-likeness (QED) is 0.853. The predicted octanol–water partition coefficient (Wildman–Crippen LogP) is 2.39. The van der Waals surface area contributed by atoms with Crippen LogP contribution in [0.4, 0.5) is 0 Å². The molecular formula is C17H22N2O3. The molecule has 118 valence electrons. The molecule has 0 radical (unpaired) electrons. The largest absolute Gasteiger partial charge is 0.484 e. The molecule has 0 bridgehead atoms. The van der Waals surface area contributed by atoms with Gasteiger partial charge in [0.05, 0.1) is 6.04 Å². The molecule has 0 aliphatic carbocycles. The maximum absolute atomic E-state index is 11.9. The van der Waals surface area contributed by atoms with Crippen molar-refractivity contribution in [3.8, 4) is 5.75 Å². The van der Waals surface area contributed by atoms with Crippen LogP contribution in [0.3, 0.4) is 0 Å². The number of hydrogen-bond donors (Lipinski definition) is 1. The van der Waals surface area contributed by atoms with Crippen molar-refractivity contribution < 1.29 is 13.9 Å². The van der Waals surface area contributed by atoms with E-state index in [0.717, 1.165) is 11.5 Å². The average Bonchev–Trinajstić information content (AvgIpc) is 2.92. The molecule has 0 aliphatic heterocycles. The van der Waals surface area contributed by atoms with Gasteiger partial charge in [-0.3, -0.25) is 9.69 Å². The molecule has 0 spiro atoms. The highest BCUT2D eigenvalue weighted by Gasteiger charge is 2.18. The van der Waals surface area contributed by atoms with Gasteiger partial charge >= 0.3 is 0 Å². The normalized spacial score (nSPS) is 12.2. The number of furan rings is 1. The second kappa shape index (κ2) is 7.66. The first kappa shape index (κ1) is 16.1. The second-order valence-corrected chi connectivity index (χ2v) is 5.33. The molecule has 2 aromatic rings. The fraction of sp³-hybridized carbons (Fsp3) is 0.353. The van der Waals surface area contributed by atoms with Gasteiger partial charge in [-0.15, -0.1) is 0 Å². The zero-order valence-electron chi connectivity index (χ0n) is 13.2. The number of ether oxygens (including phenoxy) is 1. The molecule has 1 atom stereocenters. The molecule has 1 heterocycles. The molecule has 0 fully saturated rings. The van der Waals surface area contributed by atoms with Gasteiger partial charge in [-0.05, 0) is 45.3 Å². The van der Waals surface area contributed by atoms with E-state index in [1.165, 1.54) is 0 Å². The lowest BCUT2D eigenvalue weighted by atomic mass is 10.2. The summed E-state index contributed by atoms with van der Waals surface area (Å²) in [5.74, 6) is 2.23. The minimum atomic E-state index is -0.154. The number of nitrogens with zero attached hydrogens (tertiary/aromatic N) is 1. The first-order valence-electron chi connectivity index (χ1n) is 7.23. The van der Waals surface area contributed by atoms with Gasteiger partial charge in [-0.2, -0.15) is 0 Å². The zero-order chi connectivity index (χ0) is 15.9. The monoisotopic (exact) mass is 302 g/mol. The van der Waals surface area contributed by atoms with Crippen LogP contribution < -0.4 is 10.1 Å². The van der Waals surface area contributed by atoms with Crippen molar-refractivity contribution >= 4 is 5.91 Å². The van der Waals surface area contributed by atoms with Crippen LogP contribution in [0.1, 0.15) is 17.6 Å². The zero-order valence-corrected chi connectivity index (χ0v) is 13.2. The van der Waals surface area contributed by atoms with E-state index >= 15 is 0 Å². The Morgan fingerprint density at radius 1 is 1.23 bits per heavy atom. The van der Waals surface area contributed by atoms with Gasteiger partial charge in [-0.25, -0.2) is 0 Å². The maximum atomic E-state index is 11.9. The fourth-order valence-electron chi connectivity index (χ4n) is 2.10. The third-order valence-electron chi connectivity index (χ3n) is 3.32. The molecule has 1 aromatic heterocycles. The van der Waals surface area contributed by atoms with Crippen molar-refractivity contribution in [3.05, 3.63) is 54.0 Å². The summed E-state index contributed by atoms with van der Waals surface area (Å²) in [6, 6.07) is 13.1. The topological polar surface area (TPSA) is 54.7 Å². The second-order valence-electron chi connectivity index (χ2n) is 5.33. The Kier molecular flexibility index (Phi) is 5.61. The fourth-order valence-corrected chi connectivity index (χ4v) is 2.10. The van der Waals surface area contributed by atoms with Gasteiger partial charge in [0, 0.05) is 6.54 Å². The summed E-state index contributed by atoms with van der Waals surface area (Å²) < 4.78 is 11.1. The molecule has 5 heteroatoms. The standard InChI is InChI=1S/C17H22N2O3/c1-13-9-10-16(22-13)15(19(2)3)11-18-17(20)12-21-14-7-5-4-6-8-14/h4-10,15H,11-12H2,1-3H3,(H,18,20)/t15-/m1/s1. The number of para-hydroxylation sites is 1. The number of benzene rings is 1. The highest BCUT2D eigenvalue weighted by atomic mass is 16.5. The SMILES string of the molecule is Cc1ccc([C@@H](CNC(=O)COc2ccccc2)N(C)C)o1. The molecule has 5 nitrogen and oxygen atoms in total. The Bertz CT molecular complexity index is 593. The van der Waals surface area contributed by atoms with Crippen LogP contribution in [0.2, 0.25) is 0 Å². The van der Waals surface area contributed by atoms with Crippen LogP contribution in [0.25, 0.3) is 0 Å². The highest BCUT2D eigenvalue weighted by molar-refractivity contribution is 5.77. The molecule has 1 N–H and O–H groups in total. The summed E-state index contributed by atoms with van der Waals surface area (Å²) in [5, 5.41) is 2.88. The first-order chi connectivity index (χ1) is 10.6. The van der Waals surface area contributed by atoms with E-state index in [9.17, 15) is 4.79 Å². The van der Waals surface area contributed by atoms with E-state index < -0.39 is 0 Å². The van der Waals surface area contributed by atoms with E-state index in [1.54, 1.807) is 0 Å². The number of carbonyl (C=O) groups is 1. The van der Waals surface area contributed by atoms with Crippen LogP contribution in [0.5, 0.6) is 5.75 Å². The summed E-state index contributed by atoms with van der Waals surface area (Å²) in [6.07, 6.45) is 0. The first-order valence-corrected chi connectivity index (χ1v) is 7.23. The molecule has 0 saturated carbocycles. The van der Waals surface area contributed by atoms with E-state index in [2.05, 4.69) is 5.32 Å². The van der Waals surface area contributed by atoms with Gasteiger partial charge < -0.3 is 14.5 Å². The lowest BCUT2D eigenvalue weighted by molar-refractivity contribution is -0.123. The van der Waals surface area contributed by atoms with Crippen LogP contribution >= 0.6 is 0 Å². The summed E-state index contributed by atoms with van der Waals surface area (Å²) in [5.41, 5.74) is 0. The molecule has 2 rings (SSSR count). The van der Waals surface area contributed by atoms with Gasteiger partial charge in [0.2, 0.25) is 0 Å². The number of rotatable bonds is 7. The lowest BCUT2D eigenvalue weighted by Crippen LogP contribution is -2.36. The molecule has 1 aromatic carbocycles. The minimum absolute atomic E-state index is 0.00133. The van der Waals surface area contributed by atoms with E-state index in [4.69, 9.17) is 9.15 Å². The molecule has 0 saturated heterocycles. The number of likely N-dealkylation sites (N-methyl/N-ethyl adjacent to an activating group) is 1. The summed E-state index contributed by atoms with van der Waals surface area (Å²) in [4.78, 5) is 13.9. The summed E-state index contributed by atoms with van der Waals surface area (Å²) in [6.45, 7) is 2.38. The van der Waals surface area contributed by atoms with Crippen LogP contribution in [-0.2, 0) is 4.79 Å². The van der Waals surface area contributed by atoms with Gasteiger partial charge in [-0.1, -0.05) is 18.2 Å². The molecule has 22 heavy (non-hydrogen) atoms. The third-order valence-corrected chi connectivity index (χ3v) is 3.32. The van der Waals surface area contributed by atoms with Crippen molar-refractivity contribution in [2.45, 2.75) is 13.0 Å². The number of amides is 1. The Morgan fingerprint density at radius 2 is 1.95 bits per heavy atom. The van der Waals surface area contributed by atoms with Crippen LogP contribution in [0, 0.1) is 6.92 Å². The molecule has 0 aliphatic rings. The Hall–Kier alpha value is -2.27. The molecule has 1 amide bonds.